The van der Waals surface area contributed by atoms with Crippen LogP contribution in [-0.4, -0.2) is 11.9 Å². The fourth-order valence-corrected chi connectivity index (χ4v) is 3.99. The van der Waals surface area contributed by atoms with Crippen molar-refractivity contribution in [3.05, 3.63) is 119 Å². The summed E-state index contributed by atoms with van der Waals surface area (Å²) in [6.45, 7) is 6.79. The van der Waals surface area contributed by atoms with E-state index < -0.39 is 11.9 Å². The Hall–Kier alpha value is -4.64. The molecule has 4 aromatic carbocycles. The number of benzene rings is 4. The minimum absolute atomic E-state index is 0.294. The number of nitrogens with zero attached hydrogens (tertiary/aromatic N) is 1. The Morgan fingerprint density at radius 3 is 1.54 bits per heavy atom. The molecule has 0 bridgehead atoms. The van der Waals surface area contributed by atoms with Crippen molar-refractivity contribution in [3.63, 3.8) is 0 Å². The Balaban J connectivity index is 1.95. The first-order chi connectivity index (χ1) is 17.8. The average molecular weight is 492 g/mol. The van der Waals surface area contributed by atoms with Crippen molar-refractivity contribution in [2.45, 2.75) is 27.7 Å². The standard InChI is InChI=1S/C32H29NO4/c1-22-10-14-28(15-11-22)33(29-16-12-23(2)13-17-29)32(27-8-6-5-7-9-27)20-26-18-30(36-24(3)34)21-31(19-26)37-25(4)35/h5-21H,1-4H3. The van der Waals surface area contributed by atoms with E-state index in [1.165, 1.54) is 19.9 Å². The van der Waals surface area contributed by atoms with Crippen LogP contribution in [0.1, 0.15) is 36.1 Å². The minimum atomic E-state index is -0.459. The third kappa shape index (κ3) is 6.73. The molecule has 0 heterocycles. The molecular formula is C32H29NO4. The maximum atomic E-state index is 11.7. The maximum absolute atomic E-state index is 11.7. The van der Waals surface area contributed by atoms with Gasteiger partial charge in [-0.15, -0.1) is 0 Å². The van der Waals surface area contributed by atoms with Gasteiger partial charge in [0, 0.05) is 31.3 Å². The van der Waals surface area contributed by atoms with Crippen LogP contribution in [0.25, 0.3) is 11.8 Å². The molecule has 0 spiro atoms. The molecule has 5 heteroatoms. The first kappa shape index (κ1) is 25.5. The lowest BCUT2D eigenvalue weighted by Gasteiger charge is -2.29. The van der Waals surface area contributed by atoms with Gasteiger partial charge in [-0.3, -0.25) is 9.59 Å². The molecule has 0 aliphatic rings. The molecule has 0 aliphatic carbocycles. The second-order valence-electron chi connectivity index (χ2n) is 8.83. The van der Waals surface area contributed by atoms with E-state index >= 15 is 0 Å². The number of ether oxygens (including phenoxy) is 2. The largest absolute Gasteiger partial charge is 0.427 e. The fraction of sp³-hybridized carbons (Fsp3) is 0.125. The van der Waals surface area contributed by atoms with Crippen LogP contribution in [0.2, 0.25) is 0 Å². The highest BCUT2D eigenvalue weighted by atomic mass is 16.5. The summed E-state index contributed by atoms with van der Waals surface area (Å²) in [5.74, 6) is -0.331. The molecule has 0 saturated heterocycles. The zero-order valence-electron chi connectivity index (χ0n) is 21.4. The van der Waals surface area contributed by atoms with Crippen LogP contribution in [-0.2, 0) is 9.59 Å². The Morgan fingerprint density at radius 1 is 0.649 bits per heavy atom. The van der Waals surface area contributed by atoms with E-state index in [0.717, 1.165) is 33.8 Å². The average Bonchev–Trinajstić information content (AvgIpc) is 2.85. The van der Waals surface area contributed by atoms with Crippen molar-refractivity contribution in [2.75, 3.05) is 4.90 Å². The van der Waals surface area contributed by atoms with Crippen LogP contribution in [0.4, 0.5) is 11.4 Å². The molecule has 0 amide bonds. The van der Waals surface area contributed by atoms with Crippen LogP contribution < -0.4 is 14.4 Å². The smallest absolute Gasteiger partial charge is 0.308 e. The van der Waals surface area contributed by atoms with Crippen molar-refractivity contribution in [1.82, 2.24) is 0 Å². The normalized spacial score (nSPS) is 11.1. The third-order valence-corrected chi connectivity index (χ3v) is 5.62. The first-order valence-electron chi connectivity index (χ1n) is 12.0. The number of anilines is 2. The van der Waals surface area contributed by atoms with Crippen LogP contribution in [0, 0.1) is 13.8 Å². The number of hydrogen-bond acceptors (Lipinski definition) is 5. The Bertz CT molecular complexity index is 1340. The van der Waals surface area contributed by atoms with E-state index in [1.807, 2.05) is 36.4 Å². The molecular weight excluding hydrogens is 462 g/mol. The van der Waals surface area contributed by atoms with Gasteiger partial charge in [0.2, 0.25) is 0 Å². The number of aryl methyl sites for hydroxylation is 2. The highest BCUT2D eigenvalue weighted by molar-refractivity contribution is 5.96. The number of hydrogen-bond donors (Lipinski definition) is 0. The molecule has 0 aromatic heterocycles. The maximum Gasteiger partial charge on any atom is 0.308 e. The summed E-state index contributed by atoms with van der Waals surface area (Å²) in [4.78, 5) is 25.5. The molecule has 0 fully saturated rings. The summed E-state index contributed by atoms with van der Waals surface area (Å²) in [6, 6.07) is 31.8. The summed E-state index contributed by atoms with van der Waals surface area (Å²) >= 11 is 0. The SMILES string of the molecule is CC(=O)Oc1cc(C=C(c2ccccc2)N(c2ccc(C)cc2)c2ccc(C)cc2)cc(OC(C)=O)c1. The van der Waals surface area contributed by atoms with Crippen molar-refractivity contribution in [3.8, 4) is 11.5 Å². The molecule has 0 aliphatic heterocycles. The van der Waals surface area contributed by atoms with Crippen molar-refractivity contribution in [2.24, 2.45) is 0 Å². The van der Waals surface area contributed by atoms with E-state index in [4.69, 9.17) is 9.47 Å². The minimum Gasteiger partial charge on any atom is -0.427 e. The highest BCUT2D eigenvalue weighted by Crippen LogP contribution is 2.37. The van der Waals surface area contributed by atoms with Gasteiger partial charge in [-0.05, 0) is 67.4 Å². The molecule has 37 heavy (non-hydrogen) atoms. The van der Waals surface area contributed by atoms with Gasteiger partial charge in [0.15, 0.2) is 0 Å². The van der Waals surface area contributed by atoms with Gasteiger partial charge in [0.1, 0.15) is 11.5 Å². The molecule has 5 nitrogen and oxygen atoms in total. The molecule has 0 atom stereocenters. The Kier molecular flexibility index (Phi) is 7.84. The molecule has 0 radical (unpaired) electrons. The van der Waals surface area contributed by atoms with E-state index in [9.17, 15) is 9.59 Å². The van der Waals surface area contributed by atoms with E-state index in [1.54, 1.807) is 12.1 Å². The van der Waals surface area contributed by atoms with Gasteiger partial charge in [-0.2, -0.15) is 0 Å². The van der Waals surface area contributed by atoms with Crippen LogP contribution >= 0.6 is 0 Å². The highest BCUT2D eigenvalue weighted by Gasteiger charge is 2.18. The Morgan fingerprint density at radius 2 is 1.11 bits per heavy atom. The van der Waals surface area contributed by atoms with Gasteiger partial charge in [0.05, 0.1) is 5.70 Å². The topological polar surface area (TPSA) is 55.8 Å². The lowest BCUT2D eigenvalue weighted by Crippen LogP contribution is -2.15. The van der Waals surface area contributed by atoms with Crippen molar-refractivity contribution >= 4 is 35.1 Å². The number of carbonyl (C=O) groups excluding carboxylic acids is 2. The number of rotatable bonds is 7. The van der Waals surface area contributed by atoms with E-state index in [-0.39, 0.29) is 0 Å². The van der Waals surface area contributed by atoms with E-state index in [2.05, 4.69) is 67.3 Å². The molecule has 4 rings (SSSR count). The first-order valence-corrected chi connectivity index (χ1v) is 12.0. The zero-order chi connectivity index (χ0) is 26.4. The summed E-state index contributed by atoms with van der Waals surface area (Å²) < 4.78 is 10.7. The van der Waals surface area contributed by atoms with Gasteiger partial charge >= 0.3 is 11.9 Å². The van der Waals surface area contributed by atoms with Crippen LogP contribution in [0.5, 0.6) is 11.5 Å². The van der Waals surface area contributed by atoms with Crippen LogP contribution in [0.3, 0.4) is 0 Å². The predicted octanol–water partition coefficient (Wildman–Crippen LogP) is 7.49. The summed E-state index contributed by atoms with van der Waals surface area (Å²) in [7, 11) is 0. The van der Waals surface area contributed by atoms with Crippen molar-refractivity contribution < 1.29 is 19.1 Å². The fourth-order valence-electron chi connectivity index (χ4n) is 3.99. The Labute approximate surface area is 217 Å². The van der Waals surface area contributed by atoms with Gasteiger partial charge in [-0.25, -0.2) is 0 Å². The van der Waals surface area contributed by atoms with Gasteiger partial charge in [-0.1, -0.05) is 65.7 Å². The second kappa shape index (κ2) is 11.4. The van der Waals surface area contributed by atoms with Gasteiger partial charge in [0.25, 0.3) is 0 Å². The molecule has 186 valence electrons. The third-order valence-electron chi connectivity index (χ3n) is 5.62. The summed E-state index contributed by atoms with van der Waals surface area (Å²) in [5, 5.41) is 0. The number of carbonyl (C=O) groups is 2. The number of esters is 2. The van der Waals surface area contributed by atoms with Crippen molar-refractivity contribution in [1.29, 1.82) is 0 Å². The molecule has 4 aromatic rings. The monoisotopic (exact) mass is 491 g/mol. The molecule has 0 N–H and O–H groups in total. The lowest BCUT2D eigenvalue weighted by atomic mass is 10.0. The molecule has 0 saturated carbocycles. The zero-order valence-corrected chi connectivity index (χ0v) is 21.4. The van der Waals surface area contributed by atoms with Crippen LogP contribution in [0.15, 0.2) is 97.1 Å². The van der Waals surface area contributed by atoms with Gasteiger partial charge < -0.3 is 14.4 Å². The predicted molar refractivity (Wildman–Crippen MR) is 148 cm³/mol. The van der Waals surface area contributed by atoms with E-state index in [0.29, 0.717) is 17.1 Å². The summed E-state index contributed by atoms with van der Waals surface area (Å²) in [6.07, 6.45) is 2.00. The second-order valence-corrected chi connectivity index (χ2v) is 8.83. The quantitative estimate of drug-likeness (QED) is 0.152. The lowest BCUT2D eigenvalue weighted by molar-refractivity contribution is -0.132. The summed E-state index contributed by atoms with van der Waals surface area (Å²) in [5.41, 5.74) is 6.88. The molecule has 0 unspecified atom stereocenters.